The van der Waals surface area contributed by atoms with Gasteiger partial charge < -0.3 is 40.0 Å². The summed E-state index contributed by atoms with van der Waals surface area (Å²) < 4.78 is 40.2. The summed E-state index contributed by atoms with van der Waals surface area (Å²) in [5, 5.41) is 46.0. The number of nitrogens with two attached hydrogens (primary N) is 2. The number of aromatic nitrogens is 1. The van der Waals surface area contributed by atoms with Crippen molar-refractivity contribution in [3.63, 3.8) is 0 Å². The van der Waals surface area contributed by atoms with Crippen molar-refractivity contribution in [1.29, 1.82) is 10.5 Å². The smallest absolute Gasteiger partial charge is 0.388 e. The Morgan fingerprint density at radius 2 is 1.51 bits per heavy atom. The second-order valence-electron chi connectivity index (χ2n) is 13.5. The molecule has 5 atom stereocenters. The average Bonchev–Trinajstić information content (AvgIpc) is 3.69. The van der Waals surface area contributed by atoms with Crippen LogP contribution in [0.2, 0.25) is 0 Å². The molecule has 0 saturated heterocycles. The normalized spacial score (nSPS) is 15.7. The number of aromatic amines is 1. The molecule has 0 aliphatic carbocycles. The monoisotopic (exact) mass is 789 g/mol. The minimum atomic E-state index is -4.80. The van der Waals surface area contributed by atoms with Crippen molar-refractivity contribution < 1.29 is 48.3 Å². The standard InChI is InChI=1S/C39H61N6O9P/c1-3-4-5-6-7-8-9-10-11-12-13-14-15-16-23-51-26-33(52-25-32-19-17-31(24-40)18-20-32)27-53-55(48,49)54-28-35(46)37(47)39(29-41,50-2)36-22-21-34(45-36)38(43)44-30-42/h17-22,30,33,35,37,45-47H,3-16,23,25-28H2,1-2H3,(H,48,49)(H3,42,43,44)/p+1/t33-,35-,37-,39+/m1/s1. The van der Waals surface area contributed by atoms with Gasteiger partial charge in [-0.15, -0.1) is 0 Å². The number of nitrogens with one attached hydrogen (secondary N) is 1. The van der Waals surface area contributed by atoms with Crippen molar-refractivity contribution in [3.8, 4) is 12.1 Å². The van der Waals surface area contributed by atoms with Gasteiger partial charge in [0.05, 0.1) is 43.8 Å². The molecule has 2 aromatic rings. The number of aliphatic hydroxyl groups excluding tert-OH is 2. The third-order valence-corrected chi connectivity index (χ3v) is 10.1. The molecule has 2 rings (SSSR count). The Labute approximate surface area is 325 Å². The van der Waals surface area contributed by atoms with E-state index in [2.05, 4.69) is 23.0 Å². The maximum Gasteiger partial charge on any atom is 0.472 e. The highest BCUT2D eigenvalue weighted by Gasteiger charge is 2.46. The fraction of sp³-hybridized carbons (Fsp3) is 0.641. The van der Waals surface area contributed by atoms with E-state index in [1.165, 1.54) is 82.8 Å². The van der Waals surface area contributed by atoms with Gasteiger partial charge in [0.2, 0.25) is 5.60 Å². The van der Waals surface area contributed by atoms with Gasteiger partial charge in [-0.1, -0.05) is 103 Å². The van der Waals surface area contributed by atoms with Crippen molar-refractivity contribution in [2.45, 2.75) is 127 Å². The number of methoxy groups -OCH3 is 1. The van der Waals surface area contributed by atoms with Crippen LogP contribution in [-0.4, -0.2) is 84.1 Å². The molecule has 15 nitrogen and oxygen atoms in total. The molecule has 0 aliphatic rings. The summed E-state index contributed by atoms with van der Waals surface area (Å²) in [5.41, 5.74) is 5.24. The second-order valence-corrected chi connectivity index (χ2v) is 14.9. The first-order valence-electron chi connectivity index (χ1n) is 19.2. The number of benzene rings is 1. The van der Waals surface area contributed by atoms with E-state index in [-0.39, 0.29) is 30.4 Å². The van der Waals surface area contributed by atoms with Crippen LogP contribution in [0.1, 0.15) is 119 Å². The molecular formula is C39H62N6O9P+. The van der Waals surface area contributed by atoms with Crippen molar-refractivity contribution in [1.82, 2.24) is 4.98 Å². The summed E-state index contributed by atoms with van der Waals surface area (Å²) in [6, 6.07) is 13.6. The van der Waals surface area contributed by atoms with Gasteiger partial charge in [0.1, 0.15) is 30.1 Å². The van der Waals surface area contributed by atoms with E-state index >= 15 is 0 Å². The quantitative estimate of drug-likeness (QED) is 0.0256. The van der Waals surface area contributed by atoms with Crippen LogP contribution in [-0.2, 0) is 40.0 Å². The zero-order valence-corrected chi connectivity index (χ0v) is 33.3. The summed E-state index contributed by atoms with van der Waals surface area (Å²) in [7, 11) is -3.66. The zero-order valence-electron chi connectivity index (χ0n) is 32.4. The summed E-state index contributed by atoms with van der Waals surface area (Å²) in [6.45, 7) is 1.64. The second kappa shape index (κ2) is 27.2. The van der Waals surface area contributed by atoms with Crippen molar-refractivity contribution in [3.05, 3.63) is 58.9 Å². The van der Waals surface area contributed by atoms with Crippen molar-refractivity contribution >= 4 is 20.0 Å². The molecule has 0 amide bonds. The molecule has 0 bridgehead atoms. The molecule has 0 radical (unpaired) electrons. The van der Waals surface area contributed by atoms with Crippen LogP contribution in [0.3, 0.4) is 0 Å². The van der Waals surface area contributed by atoms with E-state index in [0.29, 0.717) is 12.2 Å². The molecule has 1 heterocycles. The van der Waals surface area contributed by atoms with Crippen LogP contribution >= 0.6 is 7.82 Å². The lowest BCUT2D eigenvalue weighted by molar-refractivity contribution is -0.129. The van der Waals surface area contributed by atoms with Gasteiger partial charge in [-0.3, -0.25) is 14.5 Å². The van der Waals surface area contributed by atoms with Gasteiger partial charge >= 0.3 is 7.82 Å². The van der Waals surface area contributed by atoms with E-state index < -0.39 is 44.9 Å². The highest BCUT2D eigenvalue weighted by molar-refractivity contribution is 7.47. The number of aliphatic imine (C=N–C) groups is 1. The maximum atomic E-state index is 12.9. The lowest BCUT2D eigenvalue weighted by atomic mass is 9.90. The summed E-state index contributed by atoms with van der Waals surface area (Å²) in [4.78, 5) is 17.0. The van der Waals surface area contributed by atoms with Gasteiger partial charge in [-0.25, -0.2) is 4.57 Å². The van der Waals surface area contributed by atoms with Gasteiger partial charge in [-0.05, 0) is 41.2 Å². The number of aliphatic hydroxyl groups is 2. The molecule has 0 fully saturated rings. The molecular weight excluding hydrogens is 727 g/mol. The van der Waals surface area contributed by atoms with Crippen LogP contribution in [0.15, 0.2) is 41.4 Å². The Hall–Kier alpha value is -3.47. The summed E-state index contributed by atoms with van der Waals surface area (Å²) in [5.74, 6) is -0.00664. The van der Waals surface area contributed by atoms with Crippen LogP contribution in [0, 0.1) is 22.7 Å². The minimum Gasteiger partial charge on any atom is -0.388 e. The number of nitriles is 2. The predicted octanol–water partition coefficient (Wildman–Crippen LogP) is 4.68. The Kier molecular flexibility index (Phi) is 23.6. The molecule has 0 spiro atoms. The van der Waals surface area contributed by atoms with Gasteiger partial charge in [0, 0.05) is 13.7 Å². The largest absolute Gasteiger partial charge is 0.472 e. The molecule has 306 valence electrons. The van der Waals surface area contributed by atoms with Crippen LogP contribution < -0.4 is 11.1 Å². The molecule has 16 heteroatoms. The molecule has 1 aromatic carbocycles. The molecule has 0 aliphatic heterocycles. The number of ether oxygens (including phenoxy) is 3. The van der Waals surface area contributed by atoms with Crippen molar-refractivity contribution in [2.75, 3.05) is 33.5 Å². The highest BCUT2D eigenvalue weighted by Crippen LogP contribution is 2.44. The Bertz CT molecular complexity index is 1530. The van der Waals surface area contributed by atoms with E-state index in [4.69, 9.17) is 39.7 Å². The first-order valence-corrected chi connectivity index (χ1v) is 20.7. The van der Waals surface area contributed by atoms with E-state index in [9.17, 15) is 24.9 Å². The van der Waals surface area contributed by atoms with Crippen molar-refractivity contribution in [2.24, 2.45) is 10.7 Å². The maximum absolute atomic E-state index is 12.9. The lowest BCUT2D eigenvalue weighted by Crippen LogP contribution is -2.49. The Morgan fingerprint density at radius 1 is 0.927 bits per heavy atom. The fourth-order valence-corrected chi connectivity index (χ4v) is 6.64. The average molecular weight is 790 g/mol. The number of unbranched alkanes of at least 4 members (excludes halogenated alkanes) is 13. The SMILES string of the molecule is CCCCCCCCCCCCCCCCOC[C@H](COP(=O)(O)OC[C@@H](O)[C@@H](O)[C@@](C#N)(OC)c1ccc(C(N)=NC=[NH2+])[nH]1)OCc1ccc(C#N)cc1. The summed E-state index contributed by atoms with van der Waals surface area (Å²) >= 11 is 0. The number of hydrogen-bond acceptors (Lipinski definition) is 10. The molecule has 8 N–H and O–H groups in total. The number of phosphoric acid groups is 1. The van der Waals surface area contributed by atoms with Crippen LogP contribution in [0.5, 0.6) is 0 Å². The lowest BCUT2D eigenvalue weighted by Gasteiger charge is -2.32. The number of H-pyrrole nitrogens is 1. The van der Waals surface area contributed by atoms with E-state index in [1.807, 2.05) is 6.07 Å². The fourth-order valence-electron chi connectivity index (χ4n) is 5.87. The van der Waals surface area contributed by atoms with Gasteiger partial charge in [-0.2, -0.15) is 10.5 Å². The zero-order chi connectivity index (χ0) is 40.4. The van der Waals surface area contributed by atoms with Crippen LogP contribution in [0.4, 0.5) is 0 Å². The summed E-state index contributed by atoms with van der Waals surface area (Å²) in [6.07, 6.45) is 13.9. The first-order chi connectivity index (χ1) is 26.5. The third kappa shape index (κ3) is 17.9. The van der Waals surface area contributed by atoms with E-state index in [1.54, 1.807) is 24.3 Å². The molecule has 1 aromatic heterocycles. The highest BCUT2D eigenvalue weighted by atomic mass is 31.2. The minimum absolute atomic E-state index is 0.00664. The number of amidine groups is 1. The molecule has 55 heavy (non-hydrogen) atoms. The molecule has 1 unspecified atom stereocenters. The third-order valence-electron chi connectivity index (χ3n) is 9.19. The van der Waals surface area contributed by atoms with E-state index in [0.717, 1.165) is 38.3 Å². The predicted molar refractivity (Wildman–Crippen MR) is 208 cm³/mol. The first kappa shape index (κ1) is 47.7. The van der Waals surface area contributed by atoms with Gasteiger partial charge in [0.25, 0.3) is 12.2 Å². The Balaban J connectivity index is 1.85. The Morgan fingerprint density at radius 3 is 2.05 bits per heavy atom. The number of phosphoric ester groups is 1. The van der Waals surface area contributed by atoms with Gasteiger partial charge in [0.15, 0.2) is 0 Å². The topological polar surface area (TPSA) is 251 Å². The number of rotatable bonds is 32. The molecule has 0 saturated carbocycles. The van der Waals surface area contributed by atoms with Crippen LogP contribution in [0.25, 0.3) is 0 Å². The number of nitrogens with zero attached hydrogens (tertiary/aromatic N) is 3. The number of hydrogen-bond donors (Lipinski definition) is 6.